The van der Waals surface area contributed by atoms with E-state index in [4.69, 9.17) is 14.2 Å². The molecule has 0 saturated heterocycles. The molecule has 6 rings (SSSR count). The molecule has 0 N–H and O–H groups in total. The summed E-state index contributed by atoms with van der Waals surface area (Å²) in [6.07, 6.45) is 2.06. The lowest BCUT2D eigenvalue weighted by Crippen LogP contribution is -2.31. The van der Waals surface area contributed by atoms with Crippen LogP contribution >= 0.6 is 0 Å². The monoisotopic (exact) mass is 375 g/mol. The molecule has 4 heterocycles. The number of carbonyl (C=O) groups excluding carboxylic acids is 1. The quantitative estimate of drug-likeness (QED) is 0.483. The Morgan fingerprint density at radius 1 is 0.964 bits per heavy atom. The van der Waals surface area contributed by atoms with Gasteiger partial charge in [0.2, 0.25) is 6.79 Å². The highest BCUT2D eigenvalue weighted by Crippen LogP contribution is 2.45. The Morgan fingerprint density at radius 2 is 1.82 bits per heavy atom. The maximum atomic E-state index is 13.4. The zero-order chi connectivity index (χ0) is 18.8. The number of para-hydroxylation sites is 1. The average molecular weight is 375 g/mol. The SMILES string of the molecule is O=C1C[C@H](c2cc3cccc4c3n(c2=O)CCC4)c2cc3c(cc2O1)OCO3. The molecule has 140 valence electrons. The molecule has 0 saturated carbocycles. The molecule has 3 aliphatic rings. The summed E-state index contributed by atoms with van der Waals surface area (Å²) in [5, 5.41) is 1.04. The fraction of sp³-hybridized carbons (Fsp3) is 0.273. The number of hydrogen-bond acceptors (Lipinski definition) is 5. The molecule has 3 aliphatic heterocycles. The van der Waals surface area contributed by atoms with Crippen LogP contribution in [0.4, 0.5) is 0 Å². The van der Waals surface area contributed by atoms with Gasteiger partial charge in [0.1, 0.15) is 5.75 Å². The second kappa shape index (κ2) is 5.61. The van der Waals surface area contributed by atoms with Crippen LogP contribution in [0.1, 0.15) is 35.4 Å². The lowest BCUT2D eigenvalue weighted by Gasteiger charge is -2.27. The summed E-state index contributed by atoms with van der Waals surface area (Å²) in [6, 6.07) is 11.6. The van der Waals surface area contributed by atoms with E-state index in [0.717, 1.165) is 29.3 Å². The van der Waals surface area contributed by atoms with Crippen molar-refractivity contribution in [2.45, 2.75) is 31.7 Å². The van der Waals surface area contributed by atoms with E-state index in [0.29, 0.717) is 29.4 Å². The molecule has 1 atom stereocenters. The number of rotatable bonds is 1. The predicted octanol–water partition coefficient (Wildman–Crippen LogP) is 3.12. The van der Waals surface area contributed by atoms with Crippen LogP contribution in [-0.4, -0.2) is 17.3 Å². The molecule has 0 aliphatic carbocycles. The average Bonchev–Trinajstić information content (AvgIpc) is 3.16. The number of pyridine rings is 1. The van der Waals surface area contributed by atoms with E-state index < -0.39 is 0 Å². The van der Waals surface area contributed by atoms with Crippen molar-refractivity contribution in [1.82, 2.24) is 4.57 Å². The van der Waals surface area contributed by atoms with Crippen LogP contribution in [0.2, 0.25) is 0 Å². The minimum atomic E-state index is -0.364. The standard InChI is InChI=1S/C22H17NO5/c24-20-9-14(15-8-18-19(27-11-26-18)10-17(15)28-20)16-7-13-4-1-3-12-5-2-6-23(21(12)13)22(16)25/h1,3-4,7-8,10,14H,2,5-6,9,11H2/t14-/m0/s1. The number of carbonyl (C=O) groups is 1. The number of ether oxygens (including phenoxy) is 3. The molecule has 2 aromatic carbocycles. The molecule has 3 aromatic rings. The Balaban J connectivity index is 1.60. The van der Waals surface area contributed by atoms with Gasteiger partial charge in [0, 0.05) is 29.7 Å². The van der Waals surface area contributed by atoms with Crippen LogP contribution in [0.15, 0.2) is 41.2 Å². The Morgan fingerprint density at radius 3 is 2.71 bits per heavy atom. The lowest BCUT2D eigenvalue weighted by atomic mass is 9.85. The number of aromatic nitrogens is 1. The normalized spacial score (nSPS) is 19.4. The van der Waals surface area contributed by atoms with Gasteiger partial charge in [-0.05, 0) is 35.9 Å². The number of fused-ring (bicyclic) bond motifs is 2. The Bertz CT molecular complexity index is 1230. The van der Waals surface area contributed by atoms with E-state index in [9.17, 15) is 9.59 Å². The zero-order valence-corrected chi connectivity index (χ0v) is 15.1. The van der Waals surface area contributed by atoms with Gasteiger partial charge < -0.3 is 18.8 Å². The van der Waals surface area contributed by atoms with Crippen molar-refractivity contribution in [2.24, 2.45) is 0 Å². The van der Waals surface area contributed by atoms with E-state index in [1.54, 1.807) is 6.07 Å². The van der Waals surface area contributed by atoms with E-state index >= 15 is 0 Å². The minimum absolute atomic E-state index is 0.0250. The molecule has 0 spiro atoms. The van der Waals surface area contributed by atoms with Crippen molar-refractivity contribution in [1.29, 1.82) is 0 Å². The fourth-order valence-electron chi connectivity index (χ4n) is 4.65. The van der Waals surface area contributed by atoms with Crippen molar-refractivity contribution >= 4 is 16.9 Å². The summed E-state index contributed by atoms with van der Waals surface area (Å²) in [5.74, 6) is 0.908. The maximum Gasteiger partial charge on any atom is 0.312 e. The number of hydrogen-bond donors (Lipinski definition) is 0. The first-order chi connectivity index (χ1) is 13.7. The van der Waals surface area contributed by atoms with Gasteiger partial charge in [-0.15, -0.1) is 0 Å². The van der Waals surface area contributed by atoms with Crippen LogP contribution < -0.4 is 19.8 Å². The largest absolute Gasteiger partial charge is 0.454 e. The van der Waals surface area contributed by atoms with Crippen molar-refractivity contribution in [3.8, 4) is 17.2 Å². The van der Waals surface area contributed by atoms with Crippen LogP contribution in [0, 0.1) is 0 Å². The van der Waals surface area contributed by atoms with Gasteiger partial charge in [0.15, 0.2) is 11.5 Å². The predicted molar refractivity (Wildman–Crippen MR) is 101 cm³/mol. The van der Waals surface area contributed by atoms with Crippen molar-refractivity contribution < 1.29 is 19.0 Å². The summed E-state index contributed by atoms with van der Waals surface area (Å²) in [7, 11) is 0. The minimum Gasteiger partial charge on any atom is -0.454 e. The molecule has 6 heteroatoms. The first-order valence-electron chi connectivity index (χ1n) is 9.48. The fourth-order valence-corrected chi connectivity index (χ4v) is 4.65. The maximum absolute atomic E-state index is 13.4. The Hall–Kier alpha value is -3.28. The van der Waals surface area contributed by atoms with Gasteiger partial charge in [-0.2, -0.15) is 0 Å². The molecule has 0 bridgehead atoms. The molecule has 28 heavy (non-hydrogen) atoms. The lowest BCUT2D eigenvalue weighted by molar-refractivity contribution is -0.135. The van der Waals surface area contributed by atoms with Gasteiger partial charge in [-0.3, -0.25) is 9.59 Å². The Labute approximate surface area is 160 Å². The van der Waals surface area contributed by atoms with Crippen molar-refractivity contribution in [3.63, 3.8) is 0 Å². The smallest absolute Gasteiger partial charge is 0.312 e. The van der Waals surface area contributed by atoms with Gasteiger partial charge in [0.05, 0.1) is 11.9 Å². The molecular weight excluding hydrogens is 358 g/mol. The van der Waals surface area contributed by atoms with E-state index in [1.807, 2.05) is 28.8 Å². The Kier molecular flexibility index (Phi) is 3.15. The summed E-state index contributed by atoms with van der Waals surface area (Å²) in [4.78, 5) is 25.7. The summed E-state index contributed by atoms with van der Waals surface area (Å²) in [5.41, 5.74) is 3.62. The molecule has 1 aromatic heterocycles. The molecule has 0 radical (unpaired) electrons. The number of benzene rings is 2. The van der Waals surface area contributed by atoms with Gasteiger partial charge in [0.25, 0.3) is 5.56 Å². The van der Waals surface area contributed by atoms with Crippen molar-refractivity contribution in [2.75, 3.05) is 6.79 Å². The highest BCUT2D eigenvalue weighted by Gasteiger charge is 2.34. The van der Waals surface area contributed by atoms with Crippen LogP contribution in [0.25, 0.3) is 10.9 Å². The number of esters is 1. The van der Waals surface area contributed by atoms with Crippen LogP contribution in [0.5, 0.6) is 17.2 Å². The highest BCUT2D eigenvalue weighted by atomic mass is 16.7. The van der Waals surface area contributed by atoms with Gasteiger partial charge in [-0.1, -0.05) is 18.2 Å². The molecule has 0 unspecified atom stereocenters. The zero-order valence-electron chi connectivity index (χ0n) is 15.1. The third-order valence-electron chi connectivity index (χ3n) is 5.90. The first kappa shape index (κ1) is 15.7. The van der Waals surface area contributed by atoms with Gasteiger partial charge >= 0.3 is 5.97 Å². The molecule has 0 amide bonds. The van der Waals surface area contributed by atoms with Crippen molar-refractivity contribution in [3.05, 3.63) is 63.4 Å². The highest BCUT2D eigenvalue weighted by molar-refractivity contribution is 5.85. The number of aryl methyl sites for hydroxylation is 2. The van der Waals surface area contributed by atoms with Gasteiger partial charge in [-0.25, -0.2) is 0 Å². The second-order valence-electron chi connectivity index (χ2n) is 7.49. The molecular formula is C22H17NO5. The molecule has 0 fully saturated rings. The second-order valence-corrected chi connectivity index (χ2v) is 7.49. The first-order valence-corrected chi connectivity index (χ1v) is 9.48. The number of nitrogens with zero attached hydrogens (tertiary/aromatic N) is 1. The van der Waals surface area contributed by atoms with E-state index in [-0.39, 0.29) is 30.7 Å². The third kappa shape index (κ3) is 2.14. The van der Waals surface area contributed by atoms with Crippen LogP contribution in [-0.2, 0) is 17.8 Å². The molecule has 6 nitrogen and oxygen atoms in total. The summed E-state index contributed by atoms with van der Waals surface area (Å²) in [6.45, 7) is 0.841. The van der Waals surface area contributed by atoms with E-state index in [1.165, 1.54) is 5.56 Å². The summed E-state index contributed by atoms with van der Waals surface area (Å²) < 4.78 is 18.2. The third-order valence-corrected chi connectivity index (χ3v) is 5.90. The topological polar surface area (TPSA) is 66.8 Å². The van der Waals surface area contributed by atoms with E-state index in [2.05, 4.69) is 6.07 Å². The summed E-state index contributed by atoms with van der Waals surface area (Å²) >= 11 is 0. The van der Waals surface area contributed by atoms with Crippen LogP contribution in [0.3, 0.4) is 0 Å².